The maximum Gasteiger partial charge on any atom is 0.254 e. The standard InChI is InChI=1S/C23H26N8O3/c1-3-20(32)30-10-6-7-16(14-30)31-13-15(11-26-31)27-23-25-12-17(21(24)33)22(29-23)28-18-8-4-5-9-19(18)34-2/h3-5,8-9,11-13,16H,1,6-7,10,14H2,2H3,(H2,24,33)(H2,25,27,28,29)/t16-/m1/s1. The highest BCUT2D eigenvalue weighted by Crippen LogP contribution is 2.29. The van der Waals surface area contributed by atoms with Gasteiger partial charge in [0.05, 0.1) is 30.7 Å². The van der Waals surface area contributed by atoms with E-state index in [4.69, 9.17) is 10.5 Å². The quantitative estimate of drug-likeness (QED) is 0.434. The van der Waals surface area contributed by atoms with Gasteiger partial charge in [0.15, 0.2) is 0 Å². The van der Waals surface area contributed by atoms with E-state index in [2.05, 4.69) is 32.3 Å². The zero-order valence-electron chi connectivity index (χ0n) is 18.8. The Morgan fingerprint density at radius 3 is 2.85 bits per heavy atom. The number of ether oxygens (including phenoxy) is 1. The summed E-state index contributed by atoms with van der Waals surface area (Å²) in [4.78, 5) is 34.3. The fourth-order valence-corrected chi connectivity index (χ4v) is 3.82. The van der Waals surface area contributed by atoms with E-state index in [1.54, 1.807) is 30.3 Å². The molecule has 1 fully saturated rings. The van der Waals surface area contributed by atoms with Crippen LogP contribution < -0.4 is 21.1 Å². The maximum absolute atomic E-state index is 12.0. The van der Waals surface area contributed by atoms with Crippen molar-refractivity contribution in [1.29, 1.82) is 0 Å². The molecule has 3 heterocycles. The molecule has 0 spiro atoms. The fourth-order valence-electron chi connectivity index (χ4n) is 3.82. The van der Waals surface area contributed by atoms with Gasteiger partial charge in [-0.15, -0.1) is 0 Å². The lowest BCUT2D eigenvalue weighted by Crippen LogP contribution is -2.39. The minimum absolute atomic E-state index is 0.0640. The number of hydrogen-bond donors (Lipinski definition) is 3. The van der Waals surface area contributed by atoms with E-state index in [0.717, 1.165) is 19.4 Å². The molecule has 34 heavy (non-hydrogen) atoms. The van der Waals surface area contributed by atoms with Gasteiger partial charge in [-0.25, -0.2) is 4.98 Å². The zero-order chi connectivity index (χ0) is 24.1. The van der Waals surface area contributed by atoms with Crippen LogP contribution in [0.15, 0.2) is 55.5 Å². The molecule has 1 aliphatic heterocycles. The molecule has 2 aromatic heterocycles. The van der Waals surface area contributed by atoms with Crippen LogP contribution in [0.5, 0.6) is 5.75 Å². The van der Waals surface area contributed by atoms with Crippen LogP contribution in [0.4, 0.5) is 23.1 Å². The second-order valence-corrected chi connectivity index (χ2v) is 7.76. The molecule has 1 saturated heterocycles. The number of piperidine rings is 1. The molecule has 11 heteroatoms. The van der Waals surface area contributed by atoms with Crippen molar-refractivity contribution in [3.8, 4) is 5.75 Å². The maximum atomic E-state index is 12.0. The first-order valence-electron chi connectivity index (χ1n) is 10.8. The minimum atomic E-state index is -0.660. The Morgan fingerprint density at radius 2 is 2.09 bits per heavy atom. The normalized spacial score (nSPS) is 15.4. The number of amides is 2. The predicted molar refractivity (Wildman–Crippen MR) is 127 cm³/mol. The third-order valence-corrected chi connectivity index (χ3v) is 5.53. The van der Waals surface area contributed by atoms with Crippen molar-refractivity contribution in [3.63, 3.8) is 0 Å². The smallest absolute Gasteiger partial charge is 0.254 e. The number of likely N-dealkylation sites (tertiary alicyclic amines) is 1. The lowest BCUT2D eigenvalue weighted by atomic mass is 10.1. The molecule has 0 unspecified atom stereocenters. The number of rotatable bonds is 8. The summed E-state index contributed by atoms with van der Waals surface area (Å²) in [6.45, 7) is 4.86. The third kappa shape index (κ3) is 4.98. The zero-order valence-corrected chi connectivity index (χ0v) is 18.8. The molecule has 4 N–H and O–H groups in total. The first-order valence-corrected chi connectivity index (χ1v) is 10.8. The Kier molecular flexibility index (Phi) is 6.72. The van der Waals surface area contributed by atoms with Crippen LogP contribution in [-0.2, 0) is 4.79 Å². The molecule has 2 amide bonds. The SMILES string of the molecule is C=CC(=O)N1CCC[C@@H](n2cc(Nc3ncc(C(N)=O)c(Nc4ccccc4OC)n3)cn2)C1. The van der Waals surface area contributed by atoms with Crippen LogP contribution in [0.1, 0.15) is 29.2 Å². The summed E-state index contributed by atoms with van der Waals surface area (Å²) >= 11 is 0. The van der Waals surface area contributed by atoms with Crippen LogP contribution in [0, 0.1) is 0 Å². The van der Waals surface area contributed by atoms with Crippen molar-refractivity contribution in [2.75, 3.05) is 30.8 Å². The van der Waals surface area contributed by atoms with Crippen LogP contribution in [0.25, 0.3) is 0 Å². The Hall–Kier alpha value is -4.41. The molecule has 11 nitrogen and oxygen atoms in total. The summed E-state index contributed by atoms with van der Waals surface area (Å²) in [6, 6.07) is 7.32. The average molecular weight is 463 g/mol. The molecule has 1 aliphatic rings. The molecule has 176 valence electrons. The van der Waals surface area contributed by atoms with E-state index in [-0.39, 0.29) is 29.3 Å². The van der Waals surface area contributed by atoms with Gasteiger partial charge in [-0.1, -0.05) is 18.7 Å². The number of carbonyl (C=O) groups excluding carboxylic acids is 2. The van der Waals surface area contributed by atoms with Crippen LogP contribution in [-0.4, -0.2) is 56.7 Å². The van der Waals surface area contributed by atoms with Crippen molar-refractivity contribution in [3.05, 3.63) is 61.1 Å². The van der Waals surface area contributed by atoms with E-state index < -0.39 is 5.91 Å². The number of carbonyl (C=O) groups is 2. The molecule has 0 bridgehead atoms. The van der Waals surface area contributed by atoms with Crippen molar-refractivity contribution in [2.24, 2.45) is 5.73 Å². The average Bonchev–Trinajstić information content (AvgIpc) is 3.32. The number of benzene rings is 1. The number of para-hydroxylation sites is 2. The molecule has 1 atom stereocenters. The number of methoxy groups -OCH3 is 1. The number of primary amides is 1. The molecule has 0 radical (unpaired) electrons. The molecule has 0 saturated carbocycles. The molecule has 1 aromatic carbocycles. The van der Waals surface area contributed by atoms with Gasteiger partial charge in [-0.05, 0) is 31.1 Å². The summed E-state index contributed by atoms with van der Waals surface area (Å²) < 4.78 is 7.18. The van der Waals surface area contributed by atoms with Gasteiger partial charge in [0, 0.05) is 25.5 Å². The number of nitrogens with two attached hydrogens (primary N) is 1. The number of anilines is 4. The fraction of sp³-hybridized carbons (Fsp3) is 0.261. The molecule has 0 aliphatic carbocycles. The largest absolute Gasteiger partial charge is 0.495 e. The topological polar surface area (TPSA) is 140 Å². The van der Waals surface area contributed by atoms with Gasteiger partial charge in [0.1, 0.15) is 17.1 Å². The van der Waals surface area contributed by atoms with Crippen molar-refractivity contribution in [2.45, 2.75) is 18.9 Å². The monoisotopic (exact) mass is 462 g/mol. The van der Waals surface area contributed by atoms with E-state index in [1.165, 1.54) is 12.3 Å². The number of aromatic nitrogens is 4. The number of nitrogens with one attached hydrogen (secondary N) is 2. The van der Waals surface area contributed by atoms with Gasteiger partial charge in [-0.2, -0.15) is 10.1 Å². The summed E-state index contributed by atoms with van der Waals surface area (Å²) in [6.07, 6.45) is 8.00. The highest BCUT2D eigenvalue weighted by molar-refractivity contribution is 5.98. The van der Waals surface area contributed by atoms with Crippen molar-refractivity contribution in [1.82, 2.24) is 24.6 Å². The molecular weight excluding hydrogens is 436 g/mol. The number of hydrogen-bond acceptors (Lipinski definition) is 8. The lowest BCUT2D eigenvalue weighted by Gasteiger charge is -2.32. The summed E-state index contributed by atoms with van der Waals surface area (Å²) in [5.74, 6) is 0.353. The van der Waals surface area contributed by atoms with Gasteiger partial charge < -0.3 is 26.0 Å². The Labute approximate surface area is 196 Å². The molecule has 4 rings (SSSR count). The summed E-state index contributed by atoms with van der Waals surface area (Å²) in [5, 5.41) is 10.6. The number of nitrogens with zero attached hydrogens (tertiary/aromatic N) is 5. The highest BCUT2D eigenvalue weighted by atomic mass is 16.5. The first-order chi connectivity index (χ1) is 16.5. The lowest BCUT2D eigenvalue weighted by molar-refractivity contribution is -0.127. The van der Waals surface area contributed by atoms with E-state index in [9.17, 15) is 9.59 Å². The van der Waals surface area contributed by atoms with Crippen molar-refractivity contribution < 1.29 is 14.3 Å². The Morgan fingerprint density at radius 1 is 1.26 bits per heavy atom. The van der Waals surface area contributed by atoms with E-state index in [1.807, 2.05) is 23.0 Å². The summed E-state index contributed by atoms with van der Waals surface area (Å²) in [7, 11) is 1.55. The van der Waals surface area contributed by atoms with Crippen LogP contribution >= 0.6 is 0 Å². The minimum Gasteiger partial charge on any atom is -0.495 e. The van der Waals surface area contributed by atoms with Crippen molar-refractivity contribution >= 4 is 35.0 Å². The van der Waals surface area contributed by atoms with Gasteiger partial charge in [-0.3, -0.25) is 14.3 Å². The van der Waals surface area contributed by atoms with Gasteiger partial charge >= 0.3 is 0 Å². The third-order valence-electron chi connectivity index (χ3n) is 5.53. The van der Waals surface area contributed by atoms with Crippen LogP contribution in [0.3, 0.4) is 0 Å². The molecule has 3 aromatic rings. The highest BCUT2D eigenvalue weighted by Gasteiger charge is 2.24. The second kappa shape index (κ2) is 10.0. The van der Waals surface area contributed by atoms with Crippen LogP contribution in [0.2, 0.25) is 0 Å². The Balaban J connectivity index is 1.53. The van der Waals surface area contributed by atoms with Gasteiger partial charge in [0.25, 0.3) is 5.91 Å². The Bertz CT molecular complexity index is 1210. The summed E-state index contributed by atoms with van der Waals surface area (Å²) in [5.41, 5.74) is 6.95. The van der Waals surface area contributed by atoms with E-state index >= 15 is 0 Å². The molecular formula is C23H26N8O3. The first kappa shape index (κ1) is 22.8. The van der Waals surface area contributed by atoms with Gasteiger partial charge in [0.2, 0.25) is 11.9 Å². The second-order valence-electron chi connectivity index (χ2n) is 7.76. The van der Waals surface area contributed by atoms with E-state index in [0.29, 0.717) is 23.7 Å². The predicted octanol–water partition coefficient (Wildman–Crippen LogP) is 2.62.